The van der Waals surface area contributed by atoms with Crippen LogP contribution in [-0.2, 0) is 14.3 Å². The number of carbonyl (C=O) groups excluding carboxylic acids is 2. The second-order valence-corrected chi connectivity index (χ2v) is 7.05. The first-order valence-corrected chi connectivity index (χ1v) is 9.36. The number of hydrogen-bond donors (Lipinski definition) is 0. The quantitative estimate of drug-likeness (QED) is 0.766. The molecule has 0 saturated carbocycles. The van der Waals surface area contributed by atoms with E-state index in [1.54, 1.807) is 6.07 Å². The maximum absolute atomic E-state index is 13.4. The van der Waals surface area contributed by atoms with Crippen molar-refractivity contribution in [3.05, 3.63) is 65.9 Å². The normalized spacial score (nSPS) is 17.5. The highest BCUT2D eigenvalue weighted by molar-refractivity contribution is 6.45. The zero-order valence-electron chi connectivity index (χ0n) is 16.1. The third-order valence-electron chi connectivity index (χ3n) is 5.05. The summed E-state index contributed by atoms with van der Waals surface area (Å²) in [5, 5.41) is 0. The third-order valence-corrected chi connectivity index (χ3v) is 5.05. The summed E-state index contributed by atoms with van der Waals surface area (Å²) in [5.74, 6) is -0.560. The molecule has 28 heavy (non-hydrogen) atoms. The lowest BCUT2D eigenvalue weighted by Crippen LogP contribution is -2.40. The Labute approximate surface area is 164 Å². The summed E-state index contributed by atoms with van der Waals surface area (Å²) in [7, 11) is 3.86. The molecule has 1 saturated heterocycles. The van der Waals surface area contributed by atoms with Gasteiger partial charge >= 0.3 is 0 Å². The van der Waals surface area contributed by atoms with Crippen LogP contribution in [0.15, 0.2) is 60.3 Å². The first-order chi connectivity index (χ1) is 13.6. The molecule has 6 nitrogen and oxygen atoms in total. The predicted octanol–water partition coefficient (Wildman–Crippen LogP) is 2.37. The Hall–Kier alpha value is -3.12. The number of amides is 2. The van der Waals surface area contributed by atoms with E-state index in [4.69, 9.17) is 4.74 Å². The van der Waals surface area contributed by atoms with E-state index in [0.29, 0.717) is 43.3 Å². The predicted molar refractivity (Wildman–Crippen MR) is 109 cm³/mol. The Kier molecular flexibility index (Phi) is 4.88. The molecule has 6 heteroatoms. The van der Waals surface area contributed by atoms with E-state index in [9.17, 15) is 9.59 Å². The highest BCUT2D eigenvalue weighted by atomic mass is 16.5. The van der Waals surface area contributed by atoms with Crippen LogP contribution >= 0.6 is 0 Å². The topological polar surface area (TPSA) is 53.1 Å². The summed E-state index contributed by atoms with van der Waals surface area (Å²) in [4.78, 5) is 32.1. The first kappa shape index (κ1) is 18.3. The molecule has 0 bridgehead atoms. The molecule has 2 aromatic carbocycles. The molecule has 2 heterocycles. The van der Waals surface area contributed by atoms with Crippen LogP contribution in [0.5, 0.6) is 0 Å². The van der Waals surface area contributed by atoms with Gasteiger partial charge in [0.2, 0.25) is 0 Å². The van der Waals surface area contributed by atoms with Gasteiger partial charge in [-0.2, -0.15) is 0 Å². The molecule has 0 radical (unpaired) electrons. The highest BCUT2D eigenvalue weighted by Gasteiger charge is 2.42. The largest absolute Gasteiger partial charge is 0.378 e. The number of carbonyl (C=O) groups is 2. The van der Waals surface area contributed by atoms with Crippen LogP contribution in [0, 0.1) is 0 Å². The van der Waals surface area contributed by atoms with Crippen molar-refractivity contribution in [1.29, 1.82) is 0 Å². The van der Waals surface area contributed by atoms with Crippen LogP contribution in [-0.4, -0.2) is 57.1 Å². The summed E-state index contributed by atoms with van der Waals surface area (Å²) in [6.07, 6.45) is 0. The van der Waals surface area contributed by atoms with Crippen LogP contribution in [0.25, 0.3) is 5.57 Å². The minimum absolute atomic E-state index is 0.276. The highest BCUT2D eigenvalue weighted by Crippen LogP contribution is 2.35. The van der Waals surface area contributed by atoms with E-state index in [2.05, 4.69) is 0 Å². The fourth-order valence-electron chi connectivity index (χ4n) is 3.61. The van der Waals surface area contributed by atoms with Crippen molar-refractivity contribution in [2.24, 2.45) is 0 Å². The summed E-state index contributed by atoms with van der Waals surface area (Å²) in [5.41, 5.74) is 3.20. The van der Waals surface area contributed by atoms with Gasteiger partial charge in [-0.05, 0) is 23.8 Å². The zero-order valence-corrected chi connectivity index (χ0v) is 16.1. The van der Waals surface area contributed by atoms with Gasteiger partial charge in [0.1, 0.15) is 5.70 Å². The summed E-state index contributed by atoms with van der Waals surface area (Å²) in [6, 6.07) is 16.9. The SMILES string of the molecule is CN(C)c1cccc(N2C(=O)C(c3ccccc3)=C(N3CCOCC3)C2=O)c1. The van der Waals surface area contributed by atoms with Gasteiger partial charge in [0.05, 0.1) is 24.5 Å². The van der Waals surface area contributed by atoms with E-state index in [1.165, 1.54) is 4.90 Å². The Balaban J connectivity index is 1.80. The van der Waals surface area contributed by atoms with Gasteiger partial charge in [-0.1, -0.05) is 36.4 Å². The van der Waals surface area contributed by atoms with Gasteiger partial charge in [0.25, 0.3) is 11.8 Å². The van der Waals surface area contributed by atoms with Crippen molar-refractivity contribution in [1.82, 2.24) is 4.90 Å². The van der Waals surface area contributed by atoms with Gasteiger partial charge in [0.15, 0.2) is 0 Å². The number of ether oxygens (including phenoxy) is 1. The molecule has 144 valence electrons. The van der Waals surface area contributed by atoms with E-state index in [0.717, 1.165) is 11.3 Å². The van der Waals surface area contributed by atoms with Gasteiger partial charge in [-0.25, -0.2) is 4.90 Å². The molecule has 2 aromatic rings. The smallest absolute Gasteiger partial charge is 0.282 e. The van der Waals surface area contributed by atoms with Crippen LogP contribution in [0.1, 0.15) is 5.56 Å². The van der Waals surface area contributed by atoms with E-state index in [1.807, 2.05) is 72.4 Å². The van der Waals surface area contributed by atoms with Gasteiger partial charge < -0.3 is 14.5 Å². The summed E-state index contributed by atoms with van der Waals surface area (Å²) in [6.45, 7) is 2.28. The maximum Gasteiger partial charge on any atom is 0.282 e. The van der Waals surface area contributed by atoms with Crippen molar-refractivity contribution in [3.8, 4) is 0 Å². The molecule has 4 rings (SSSR count). The molecule has 0 aliphatic carbocycles. The van der Waals surface area contributed by atoms with Crippen molar-refractivity contribution in [2.45, 2.75) is 0 Å². The maximum atomic E-state index is 13.4. The molecular weight excluding hydrogens is 354 g/mol. The van der Waals surface area contributed by atoms with E-state index in [-0.39, 0.29) is 11.8 Å². The summed E-state index contributed by atoms with van der Waals surface area (Å²) >= 11 is 0. The fraction of sp³-hybridized carbons (Fsp3) is 0.273. The van der Waals surface area contributed by atoms with Crippen LogP contribution in [0.2, 0.25) is 0 Å². The number of imide groups is 1. The number of nitrogens with zero attached hydrogens (tertiary/aromatic N) is 3. The molecule has 0 N–H and O–H groups in total. The fourth-order valence-corrected chi connectivity index (χ4v) is 3.61. The number of rotatable bonds is 4. The molecule has 0 unspecified atom stereocenters. The number of hydrogen-bond acceptors (Lipinski definition) is 5. The second-order valence-electron chi connectivity index (χ2n) is 7.05. The lowest BCUT2D eigenvalue weighted by molar-refractivity contribution is -0.121. The average molecular weight is 377 g/mol. The lowest BCUT2D eigenvalue weighted by atomic mass is 10.0. The van der Waals surface area contributed by atoms with Crippen LogP contribution < -0.4 is 9.80 Å². The first-order valence-electron chi connectivity index (χ1n) is 9.36. The van der Waals surface area contributed by atoms with Gasteiger partial charge in [-0.3, -0.25) is 9.59 Å². The van der Waals surface area contributed by atoms with E-state index >= 15 is 0 Å². The second kappa shape index (κ2) is 7.48. The summed E-state index contributed by atoms with van der Waals surface area (Å²) < 4.78 is 5.44. The van der Waals surface area contributed by atoms with Gasteiger partial charge in [-0.15, -0.1) is 0 Å². The number of benzene rings is 2. The standard InChI is InChI=1S/C22H23N3O3/c1-23(2)17-9-6-10-18(15-17)25-21(26)19(16-7-4-3-5-8-16)20(22(25)27)24-11-13-28-14-12-24/h3-10,15H,11-14H2,1-2H3. The molecule has 0 aromatic heterocycles. The minimum Gasteiger partial charge on any atom is -0.378 e. The Morgan fingerprint density at radius 1 is 0.893 bits per heavy atom. The van der Waals surface area contributed by atoms with Crippen molar-refractivity contribution in [2.75, 3.05) is 50.2 Å². The Morgan fingerprint density at radius 3 is 2.29 bits per heavy atom. The Morgan fingerprint density at radius 2 is 1.61 bits per heavy atom. The molecule has 2 aliphatic rings. The molecule has 2 aliphatic heterocycles. The monoisotopic (exact) mass is 377 g/mol. The van der Waals surface area contributed by atoms with Crippen LogP contribution in [0.3, 0.4) is 0 Å². The van der Waals surface area contributed by atoms with Crippen molar-refractivity contribution < 1.29 is 14.3 Å². The number of morpholine rings is 1. The van der Waals surface area contributed by atoms with Gasteiger partial charge in [0, 0.05) is 32.9 Å². The molecule has 0 atom stereocenters. The van der Waals surface area contributed by atoms with Crippen molar-refractivity contribution in [3.63, 3.8) is 0 Å². The zero-order chi connectivity index (χ0) is 19.7. The molecule has 0 spiro atoms. The molecule has 2 amide bonds. The van der Waals surface area contributed by atoms with Crippen molar-refractivity contribution >= 4 is 28.8 Å². The lowest BCUT2D eigenvalue weighted by Gasteiger charge is -2.29. The number of anilines is 2. The minimum atomic E-state index is -0.284. The van der Waals surface area contributed by atoms with Crippen LogP contribution in [0.4, 0.5) is 11.4 Å². The molecular formula is C22H23N3O3. The molecule has 1 fully saturated rings. The average Bonchev–Trinajstić information content (AvgIpc) is 2.99. The Bertz CT molecular complexity index is 931. The third kappa shape index (κ3) is 3.16. The van der Waals surface area contributed by atoms with E-state index < -0.39 is 0 Å².